The zero-order valence-corrected chi connectivity index (χ0v) is 10.7. The molecule has 0 saturated heterocycles. The lowest BCUT2D eigenvalue weighted by atomic mass is 10.2. The SMILES string of the molecule is Cc1nc(=O)n(CCC(C)O)c(C)c1Br. The standard InChI is InChI=1S/C10H15BrN2O2/c1-6(14)4-5-13-8(3)9(11)7(2)12-10(13)15/h6,14H,4-5H2,1-3H3. The molecule has 1 heterocycles. The summed E-state index contributed by atoms with van der Waals surface area (Å²) >= 11 is 3.39. The van der Waals surface area contributed by atoms with Crippen molar-refractivity contribution >= 4 is 15.9 Å². The van der Waals surface area contributed by atoms with Crippen LogP contribution in [0.15, 0.2) is 9.27 Å². The number of hydrogen-bond donors (Lipinski definition) is 1. The molecule has 0 radical (unpaired) electrons. The van der Waals surface area contributed by atoms with Crippen LogP contribution in [0.5, 0.6) is 0 Å². The number of nitrogens with zero attached hydrogens (tertiary/aromatic N) is 2. The fourth-order valence-electron chi connectivity index (χ4n) is 1.36. The third-order valence-corrected chi connectivity index (χ3v) is 3.45. The Bertz CT molecular complexity index is 413. The van der Waals surface area contributed by atoms with Crippen molar-refractivity contribution in [1.82, 2.24) is 9.55 Å². The van der Waals surface area contributed by atoms with Crippen LogP contribution in [0.1, 0.15) is 24.7 Å². The molecule has 1 aromatic heterocycles. The normalized spacial score (nSPS) is 12.9. The van der Waals surface area contributed by atoms with Crippen molar-refractivity contribution in [3.05, 3.63) is 26.3 Å². The van der Waals surface area contributed by atoms with Crippen LogP contribution < -0.4 is 5.69 Å². The van der Waals surface area contributed by atoms with E-state index in [4.69, 9.17) is 0 Å². The smallest absolute Gasteiger partial charge is 0.348 e. The molecule has 0 bridgehead atoms. The molecule has 0 aliphatic rings. The highest BCUT2D eigenvalue weighted by atomic mass is 79.9. The number of aromatic nitrogens is 2. The first kappa shape index (κ1) is 12.4. The van der Waals surface area contributed by atoms with E-state index in [0.717, 1.165) is 10.2 Å². The molecule has 0 aliphatic heterocycles. The molecule has 0 spiro atoms. The Morgan fingerprint density at radius 2 is 2.13 bits per heavy atom. The van der Waals surface area contributed by atoms with E-state index in [-0.39, 0.29) is 5.69 Å². The van der Waals surface area contributed by atoms with Gasteiger partial charge in [-0.25, -0.2) is 4.79 Å². The van der Waals surface area contributed by atoms with Crippen molar-refractivity contribution in [2.24, 2.45) is 0 Å². The molecular formula is C10H15BrN2O2. The summed E-state index contributed by atoms with van der Waals surface area (Å²) in [5.74, 6) is 0. The Kier molecular flexibility index (Phi) is 4.04. The fraction of sp³-hybridized carbons (Fsp3) is 0.600. The molecule has 0 saturated carbocycles. The second kappa shape index (κ2) is 4.90. The molecule has 15 heavy (non-hydrogen) atoms. The van der Waals surface area contributed by atoms with Gasteiger partial charge in [-0.3, -0.25) is 4.57 Å². The molecule has 1 aromatic rings. The van der Waals surface area contributed by atoms with Crippen molar-refractivity contribution in [3.8, 4) is 0 Å². The molecule has 0 amide bonds. The van der Waals surface area contributed by atoms with Crippen LogP contribution in [-0.4, -0.2) is 20.8 Å². The van der Waals surface area contributed by atoms with Crippen LogP contribution in [0, 0.1) is 13.8 Å². The molecule has 0 aromatic carbocycles. The number of aliphatic hydroxyl groups is 1. The van der Waals surface area contributed by atoms with Gasteiger partial charge in [0.25, 0.3) is 0 Å². The lowest BCUT2D eigenvalue weighted by Crippen LogP contribution is -2.27. The molecule has 1 atom stereocenters. The van der Waals surface area contributed by atoms with Crippen LogP contribution in [0.4, 0.5) is 0 Å². The molecule has 84 valence electrons. The molecule has 4 nitrogen and oxygen atoms in total. The van der Waals surface area contributed by atoms with Crippen molar-refractivity contribution in [2.75, 3.05) is 0 Å². The van der Waals surface area contributed by atoms with Gasteiger partial charge in [-0.2, -0.15) is 4.98 Å². The fourth-order valence-corrected chi connectivity index (χ4v) is 1.66. The summed E-state index contributed by atoms with van der Waals surface area (Å²) in [4.78, 5) is 15.5. The Morgan fingerprint density at radius 3 is 2.67 bits per heavy atom. The van der Waals surface area contributed by atoms with Crippen molar-refractivity contribution in [2.45, 2.75) is 39.8 Å². The highest BCUT2D eigenvalue weighted by Crippen LogP contribution is 2.16. The molecule has 5 heteroatoms. The molecule has 0 fully saturated rings. The third-order valence-electron chi connectivity index (χ3n) is 2.30. The summed E-state index contributed by atoms with van der Waals surface area (Å²) in [5, 5.41) is 9.17. The van der Waals surface area contributed by atoms with Crippen LogP contribution in [-0.2, 0) is 6.54 Å². The number of rotatable bonds is 3. The second-order valence-electron chi connectivity index (χ2n) is 3.67. The van der Waals surface area contributed by atoms with Gasteiger partial charge in [0.15, 0.2) is 0 Å². The van der Waals surface area contributed by atoms with Gasteiger partial charge in [0.2, 0.25) is 0 Å². The summed E-state index contributed by atoms with van der Waals surface area (Å²) in [6, 6.07) is 0. The van der Waals surface area contributed by atoms with Crippen molar-refractivity contribution in [3.63, 3.8) is 0 Å². The predicted molar refractivity (Wildman–Crippen MR) is 62.0 cm³/mol. The maximum Gasteiger partial charge on any atom is 0.348 e. The zero-order valence-electron chi connectivity index (χ0n) is 9.12. The lowest BCUT2D eigenvalue weighted by Gasteiger charge is -2.12. The minimum atomic E-state index is -0.406. The van der Waals surface area contributed by atoms with Gasteiger partial charge in [-0.05, 0) is 43.1 Å². The number of aryl methyl sites for hydroxylation is 1. The topological polar surface area (TPSA) is 55.1 Å². The predicted octanol–water partition coefficient (Wildman–Crippen LogP) is 1.39. The summed E-state index contributed by atoms with van der Waals surface area (Å²) < 4.78 is 2.43. The van der Waals surface area contributed by atoms with E-state index in [2.05, 4.69) is 20.9 Å². The van der Waals surface area contributed by atoms with Gasteiger partial charge >= 0.3 is 5.69 Å². The Hall–Kier alpha value is -0.680. The minimum absolute atomic E-state index is 0.256. The summed E-state index contributed by atoms with van der Waals surface area (Å²) in [6.07, 6.45) is 0.147. The molecular weight excluding hydrogens is 260 g/mol. The van der Waals surface area contributed by atoms with E-state index >= 15 is 0 Å². The van der Waals surface area contributed by atoms with E-state index in [9.17, 15) is 9.90 Å². The first-order valence-electron chi connectivity index (χ1n) is 4.85. The number of aliphatic hydroxyl groups excluding tert-OH is 1. The molecule has 1 N–H and O–H groups in total. The monoisotopic (exact) mass is 274 g/mol. The third kappa shape index (κ3) is 2.89. The van der Waals surface area contributed by atoms with Crippen LogP contribution in [0.2, 0.25) is 0 Å². The molecule has 0 aliphatic carbocycles. The lowest BCUT2D eigenvalue weighted by molar-refractivity contribution is 0.177. The zero-order chi connectivity index (χ0) is 11.6. The Labute approximate surface area is 97.1 Å². The average molecular weight is 275 g/mol. The molecule has 1 rings (SSSR count). The van der Waals surface area contributed by atoms with Gasteiger partial charge in [0.05, 0.1) is 16.3 Å². The summed E-state index contributed by atoms with van der Waals surface area (Å²) in [6.45, 7) is 5.85. The van der Waals surface area contributed by atoms with Gasteiger partial charge in [0, 0.05) is 12.2 Å². The maximum atomic E-state index is 11.6. The maximum absolute atomic E-state index is 11.6. The Balaban J connectivity index is 3.07. The van der Waals surface area contributed by atoms with Gasteiger partial charge in [-0.15, -0.1) is 0 Å². The quantitative estimate of drug-likeness (QED) is 0.907. The first-order chi connectivity index (χ1) is 6.93. The Morgan fingerprint density at radius 1 is 1.53 bits per heavy atom. The summed E-state index contributed by atoms with van der Waals surface area (Å²) in [5.41, 5.74) is 1.30. The number of halogens is 1. The van der Waals surface area contributed by atoms with Gasteiger partial charge in [0.1, 0.15) is 0 Å². The van der Waals surface area contributed by atoms with E-state index in [1.54, 1.807) is 18.4 Å². The minimum Gasteiger partial charge on any atom is -0.393 e. The first-order valence-corrected chi connectivity index (χ1v) is 5.64. The second-order valence-corrected chi connectivity index (χ2v) is 4.46. The van der Waals surface area contributed by atoms with Gasteiger partial charge in [-0.1, -0.05) is 0 Å². The molecule has 1 unspecified atom stereocenters. The van der Waals surface area contributed by atoms with Gasteiger partial charge < -0.3 is 5.11 Å². The van der Waals surface area contributed by atoms with Crippen molar-refractivity contribution in [1.29, 1.82) is 0 Å². The highest BCUT2D eigenvalue weighted by molar-refractivity contribution is 9.10. The largest absolute Gasteiger partial charge is 0.393 e. The van der Waals surface area contributed by atoms with Crippen LogP contribution in [0.25, 0.3) is 0 Å². The van der Waals surface area contributed by atoms with E-state index in [1.165, 1.54) is 0 Å². The average Bonchev–Trinajstić information content (AvgIpc) is 2.14. The van der Waals surface area contributed by atoms with E-state index in [0.29, 0.717) is 18.7 Å². The van der Waals surface area contributed by atoms with Crippen LogP contribution in [0.3, 0.4) is 0 Å². The van der Waals surface area contributed by atoms with E-state index in [1.807, 2.05) is 6.92 Å². The number of hydrogen-bond acceptors (Lipinski definition) is 3. The highest BCUT2D eigenvalue weighted by Gasteiger charge is 2.09. The van der Waals surface area contributed by atoms with Crippen LogP contribution >= 0.6 is 15.9 Å². The van der Waals surface area contributed by atoms with Crippen molar-refractivity contribution < 1.29 is 5.11 Å². The van der Waals surface area contributed by atoms with E-state index < -0.39 is 6.10 Å². The summed E-state index contributed by atoms with van der Waals surface area (Å²) in [7, 11) is 0.